The van der Waals surface area contributed by atoms with Gasteiger partial charge in [-0.05, 0) is 55.3 Å². The highest BCUT2D eigenvalue weighted by Gasteiger charge is 2.21. The molecule has 178 valence electrons. The number of amides is 1. The van der Waals surface area contributed by atoms with E-state index in [0.717, 1.165) is 61.9 Å². The van der Waals surface area contributed by atoms with E-state index in [0.29, 0.717) is 5.56 Å². The number of nitrogens with zero attached hydrogens (tertiary/aromatic N) is 5. The van der Waals surface area contributed by atoms with Crippen LogP contribution in [0.2, 0.25) is 0 Å². The van der Waals surface area contributed by atoms with Gasteiger partial charge in [0.1, 0.15) is 0 Å². The van der Waals surface area contributed by atoms with E-state index in [-0.39, 0.29) is 5.91 Å². The number of nitrogens with one attached hydrogen (secondary N) is 1. The average Bonchev–Trinajstić information content (AvgIpc) is 3.30. The lowest BCUT2D eigenvalue weighted by Crippen LogP contribution is -2.47. The highest BCUT2D eigenvalue weighted by Crippen LogP contribution is 2.27. The van der Waals surface area contributed by atoms with E-state index in [4.69, 9.17) is 0 Å². The summed E-state index contributed by atoms with van der Waals surface area (Å²) < 4.78 is 1.80. The molecule has 1 saturated heterocycles. The minimum Gasteiger partial charge on any atom is -0.367 e. The van der Waals surface area contributed by atoms with Crippen LogP contribution in [0.4, 0.5) is 11.4 Å². The van der Waals surface area contributed by atoms with Crippen molar-refractivity contribution < 1.29 is 4.79 Å². The molecule has 35 heavy (non-hydrogen) atoms. The molecule has 1 fully saturated rings. The molecule has 2 aromatic heterocycles. The first-order valence-electron chi connectivity index (χ1n) is 12.1. The van der Waals surface area contributed by atoms with Gasteiger partial charge < -0.3 is 10.2 Å². The summed E-state index contributed by atoms with van der Waals surface area (Å²) in [6, 6.07) is 22.1. The van der Waals surface area contributed by atoms with Gasteiger partial charge in [0.15, 0.2) is 0 Å². The Bertz CT molecular complexity index is 1260. The minimum atomic E-state index is -0.145. The minimum absolute atomic E-state index is 0.145. The Balaban J connectivity index is 1.23. The van der Waals surface area contributed by atoms with E-state index in [1.807, 2.05) is 67.8 Å². The summed E-state index contributed by atoms with van der Waals surface area (Å²) in [7, 11) is 0. The first kappa shape index (κ1) is 22.8. The molecule has 0 spiro atoms. The summed E-state index contributed by atoms with van der Waals surface area (Å²) in [5, 5.41) is 7.58. The molecule has 0 aliphatic carbocycles. The maximum atomic E-state index is 13.2. The molecular formula is C28H30N6O. The molecule has 4 aromatic rings. The Morgan fingerprint density at radius 1 is 0.914 bits per heavy atom. The van der Waals surface area contributed by atoms with Gasteiger partial charge in [0.05, 0.1) is 34.5 Å². The van der Waals surface area contributed by atoms with Crippen LogP contribution in [0.25, 0.3) is 5.69 Å². The molecule has 0 unspecified atom stereocenters. The predicted molar refractivity (Wildman–Crippen MR) is 139 cm³/mol. The monoisotopic (exact) mass is 466 g/mol. The van der Waals surface area contributed by atoms with Gasteiger partial charge in [-0.25, -0.2) is 4.68 Å². The quantitative estimate of drug-likeness (QED) is 0.442. The Morgan fingerprint density at radius 2 is 1.63 bits per heavy atom. The molecule has 1 amide bonds. The number of hydrogen-bond acceptors (Lipinski definition) is 5. The standard InChI is InChI=1S/C28H30N6O/c1-22-25(21-30-34(22)24-7-3-2-4-8-24)28(35)31-26-9-5-6-10-27(26)33-19-17-32(18-20-33)16-13-23-11-14-29-15-12-23/h2-12,14-15,21H,13,16-20H2,1H3,(H,31,35). The van der Waals surface area contributed by atoms with E-state index in [1.54, 1.807) is 10.9 Å². The van der Waals surface area contributed by atoms with Crippen LogP contribution in [0.15, 0.2) is 85.3 Å². The molecular weight excluding hydrogens is 436 g/mol. The highest BCUT2D eigenvalue weighted by molar-refractivity contribution is 6.06. The van der Waals surface area contributed by atoms with Crippen LogP contribution in [-0.4, -0.2) is 58.3 Å². The van der Waals surface area contributed by atoms with Gasteiger partial charge in [-0.1, -0.05) is 30.3 Å². The molecule has 1 N–H and O–H groups in total. The number of carbonyl (C=O) groups excluding carboxylic acids is 1. The maximum absolute atomic E-state index is 13.2. The molecule has 0 atom stereocenters. The van der Waals surface area contributed by atoms with Crippen molar-refractivity contribution in [2.24, 2.45) is 0 Å². The van der Waals surface area contributed by atoms with Crippen molar-refractivity contribution in [1.82, 2.24) is 19.7 Å². The van der Waals surface area contributed by atoms with Crippen molar-refractivity contribution in [3.05, 3.63) is 102 Å². The van der Waals surface area contributed by atoms with Crippen molar-refractivity contribution in [2.75, 3.05) is 42.9 Å². The van der Waals surface area contributed by atoms with E-state index >= 15 is 0 Å². The zero-order valence-electron chi connectivity index (χ0n) is 20.0. The van der Waals surface area contributed by atoms with E-state index in [2.05, 4.69) is 43.4 Å². The molecule has 0 saturated carbocycles. The van der Waals surface area contributed by atoms with Crippen LogP contribution in [0.1, 0.15) is 21.6 Å². The van der Waals surface area contributed by atoms with Gasteiger partial charge in [0.25, 0.3) is 5.91 Å². The topological polar surface area (TPSA) is 66.3 Å². The number of carbonyl (C=O) groups is 1. The lowest BCUT2D eigenvalue weighted by molar-refractivity contribution is 0.102. The molecule has 5 rings (SSSR count). The fraction of sp³-hybridized carbons (Fsp3) is 0.250. The number of anilines is 2. The third kappa shape index (κ3) is 5.25. The molecule has 7 heteroatoms. The number of piperazine rings is 1. The Hall–Kier alpha value is -3.97. The maximum Gasteiger partial charge on any atom is 0.259 e. The largest absolute Gasteiger partial charge is 0.367 e. The van der Waals surface area contributed by atoms with Crippen LogP contribution >= 0.6 is 0 Å². The third-order valence-electron chi connectivity index (χ3n) is 6.59. The van der Waals surface area contributed by atoms with Crippen LogP contribution < -0.4 is 10.2 Å². The SMILES string of the molecule is Cc1c(C(=O)Nc2ccccc2N2CCN(CCc3ccncc3)CC2)cnn1-c1ccccc1. The van der Waals surface area contributed by atoms with Gasteiger partial charge in [0.2, 0.25) is 0 Å². The van der Waals surface area contributed by atoms with Crippen LogP contribution in [0.5, 0.6) is 0 Å². The van der Waals surface area contributed by atoms with Crippen molar-refractivity contribution in [1.29, 1.82) is 0 Å². The molecule has 3 heterocycles. The van der Waals surface area contributed by atoms with Gasteiger partial charge in [-0.15, -0.1) is 0 Å². The predicted octanol–water partition coefficient (Wildman–Crippen LogP) is 4.19. The second-order valence-corrected chi connectivity index (χ2v) is 8.80. The van der Waals surface area contributed by atoms with Crippen molar-refractivity contribution >= 4 is 17.3 Å². The Labute approximate surface area is 206 Å². The summed E-state index contributed by atoms with van der Waals surface area (Å²) >= 11 is 0. The summed E-state index contributed by atoms with van der Waals surface area (Å²) in [6.07, 6.45) is 6.38. The summed E-state index contributed by atoms with van der Waals surface area (Å²) in [5.41, 5.74) is 5.53. The molecule has 0 radical (unpaired) electrons. The molecule has 2 aromatic carbocycles. The number of hydrogen-bond donors (Lipinski definition) is 1. The summed E-state index contributed by atoms with van der Waals surface area (Å²) in [5.74, 6) is -0.145. The second-order valence-electron chi connectivity index (χ2n) is 8.80. The molecule has 1 aliphatic heterocycles. The fourth-order valence-corrected chi connectivity index (χ4v) is 4.56. The van der Waals surface area contributed by atoms with Gasteiger partial charge in [-0.2, -0.15) is 5.10 Å². The van der Waals surface area contributed by atoms with Crippen molar-refractivity contribution in [3.63, 3.8) is 0 Å². The second kappa shape index (κ2) is 10.5. The normalized spacial score (nSPS) is 14.1. The number of benzene rings is 2. The molecule has 7 nitrogen and oxygen atoms in total. The Kier molecular flexibility index (Phi) is 6.86. The van der Waals surface area contributed by atoms with Gasteiger partial charge in [-0.3, -0.25) is 14.7 Å². The fourth-order valence-electron chi connectivity index (χ4n) is 4.56. The highest BCUT2D eigenvalue weighted by atomic mass is 16.1. The van der Waals surface area contributed by atoms with Crippen molar-refractivity contribution in [3.8, 4) is 5.69 Å². The summed E-state index contributed by atoms with van der Waals surface area (Å²) in [4.78, 5) is 22.1. The zero-order valence-corrected chi connectivity index (χ0v) is 20.0. The summed E-state index contributed by atoms with van der Waals surface area (Å²) in [6.45, 7) is 6.81. The van der Waals surface area contributed by atoms with Crippen LogP contribution in [0, 0.1) is 6.92 Å². The smallest absolute Gasteiger partial charge is 0.259 e. The van der Waals surface area contributed by atoms with Crippen LogP contribution in [0.3, 0.4) is 0 Å². The van der Waals surface area contributed by atoms with E-state index < -0.39 is 0 Å². The van der Waals surface area contributed by atoms with Gasteiger partial charge >= 0.3 is 0 Å². The number of para-hydroxylation sites is 3. The first-order valence-corrected chi connectivity index (χ1v) is 12.1. The number of aromatic nitrogens is 3. The number of pyridine rings is 1. The average molecular weight is 467 g/mol. The van der Waals surface area contributed by atoms with E-state index in [9.17, 15) is 4.79 Å². The lowest BCUT2D eigenvalue weighted by atomic mass is 10.1. The third-order valence-corrected chi connectivity index (χ3v) is 6.59. The zero-order chi connectivity index (χ0) is 24.0. The first-order chi connectivity index (χ1) is 17.2. The lowest BCUT2D eigenvalue weighted by Gasteiger charge is -2.37. The van der Waals surface area contributed by atoms with Gasteiger partial charge in [0, 0.05) is 45.1 Å². The van der Waals surface area contributed by atoms with E-state index in [1.165, 1.54) is 5.56 Å². The molecule has 0 bridgehead atoms. The van der Waals surface area contributed by atoms with Crippen molar-refractivity contribution in [2.45, 2.75) is 13.3 Å². The Morgan fingerprint density at radius 3 is 2.40 bits per heavy atom. The number of rotatable bonds is 7. The molecule has 1 aliphatic rings. The van der Waals surface area contributed by atoms with Crippen LogP contribution in [-0.2, 0) is 6.42 Å².